The molecule has 3 N–H and O–H groups in total. The fourth-order valence-corrected chi connectivity index (χ4v) is 2.68. The van der Waals surface area contributed by atoms with Crippen LogP contribution in [0.25, 0.3) is 0 Å². The van der Waals surface area contributed by atoms with Gasteiger partial charge < -0.3 is 15.7 Å². The molecule has 1 fully saturated rings. The van der Waals surface area contributed by atoms with E-state index in [1.54, 1.807) is 36.3 Å². The topological polar surface area (TPSA) is 79.2 Å². The monoisotopic (exact) mass is 332 g/mol. The van der Waals surface area contributed by atoms with Crippen LogP contribution in [0.3, 0.4) is 0 Å². The summed E-state index contributed by atoms with van der Waals surface area (Å²) in [4.78, 5) is 12.1. The van der Waals surface area contributed by atoms with Crippen LogP contribution in [0.2, 0.25) is 0 Å². The fourth-order valence-electron chi connectivity index (χ4n) is 2.68. The molecule has 2 aromatic rings. The number of aryl methyl sites for hydroxylation is 1. The summed E-state index contributed by atoms with van der Waals surface area (Å²) in [7, 11) is 1.76. The number of hydrogen-bond donors (Lipinski definition) is 3. The standard InChI is InChI=1S/C17H21FN4O2/c1-22-10-13(8-20-22)15(23)9-19-17(24)21-16(11-2-3-11)12-4-6-14(18)7-5-12/h4-8,10-11,15-16,23H,2-3,9H2,1H3,(H2,19,21,24). The van der Waals surface area contributed by atoms with Gasteiger partial charge in [0, 0.05) is 25.4 Å². The lowest BCUT2D eigenvalue weighted by Gasteiger charge is -2.20. The molecule has 0 saturated heterocycles. The smallest absolute Gasteiger partial charge is 0.315 e. The highest BCUT2D eigenvalue weighted by Gasteiger charge is 2.33. The van der Waals surface area contributed by atoms with Crippen molar-refractivity contribution in [3.63, 3.8) is 0 Å². The largest absolute Gasteiger partial charge is 0.386 e. The zero-order valence-corrected chi connectivity index (χ0v) is 13.4. The highest BCUT2D eigenvalue weighted by molar-refractivity contribution is 5.74. The number of benzene rings is 1. The molecule has 0 radical (unpaired) electrons. The Morgan fingerprint density at radius 2 is 2.08 bits per heavy atom. The molecule has 128 valence electrons. The van der Waals surface area contributed by atoms with Crippen LogP contribution in [0.4, 0.5) is 9.18 Å². The van der Waals surface area contributed by atoms with Crippen LogP contribution in [-0.4, -0.2) is 27.5 Å². The molecule has 1 aromatic carbocycles. The average Bonchev–Trinajstić information content (AvgIpc) is 3.32. The average molecular weight is 332 g/mol. The molecule has 0 spiro atoms. The highest BCUT2D eigenvalue weighted by Crippen LogP contribution is 2.40. The Balaban J connectivity index is 1.55. The van der Waals surface area contributed by atoms with E-state index in [2.05, 4.69) is 15.7 Å². The van der Waals surface area contributed by atoms with Crippen molar-refractivity contribution in [2.75, 3.05) is 6.54 Å². The molecular formula is C17H21FN4O2. The number of amides is 2. The number of hydrogen-bond acceptors (Lipinski definition) is 3. The van der Waals surface area contributed by atoms with E-state index in [0.717, 1.165) is 18.4 Å². The number of carbonyl (C=O) groups is 1. The molecular weight excluding hydrogens is 311 g/mol. The molecule has 24 heavy (non-hydrogen) atoms. The van der Waals surface area contributed by atoms with Gasteiger partial charge in [0.2, 0.25) is 0 Å². The maximum Gasteiger partial charge on any atom is 0.315 e. The first-order chi connectivity index (χ1) is 11.5. The van der Waals surface area contributed by atoms with E-state index in [1.165, 1.54) is 12.1 Å². The Kier molecular flexibility index (Phi) is 4.80. The molecule has 2 amide bonds. The number of urea groups is 1. The molecule has 1 aromatic heterocycles. The number of nitrogens with zero attached hydrogens (tertiary/aromatic N) is 2. The molecule has 2 atom stereocenters. The number of aliphatic hydroxyl groups is 1. The van der Waals surface area contributed by atoms with Crippen molar-refractivity contribution in [1.82, 2.24) is 20.4 Å². The minimum atomic E-state index is -0.811. The van der Waals surface area contributed by atoms with Gasteiger partial charge in [0.15, 0.2) is 0 Å². The van der Waals surface area contributed by atoms with E-state index < -0.39 is 6.10 Å². The first-order valence-electron chi connectivity index (χ1n) is 7.99. The van der Waals surface area contributed by atoms with Crippen LogP contribution in [0, 0.1) is 11.7 Å². The SMILES string of the molecule is Cn1cc(C(O)CNC(=O)NC(c2ccc(F)cc2)C2CC2)cn1. The van der Waals surface area contributed by atoms with Crippen LogP contribution in [0.1, 0.15) is 36.1 Å². The maximum absolute atomic E-state index is 13.1. The van der Waals surface area contributed by atoms with E-state index in [1.807, 2.05) is 0 Å². The molecule has 1 aliphatic rings. The van der Waals surface area contributed by atoms with Gasteiger partial charge in [-0.2, -0.15) is 5.10 Å². The van der Waals surface area contributed by atoms with E-state index in [0.29, 0.717) is 11.5 Å². The fraction of sp³-hybridized carbons (Fsp3) is 0.412. The summed E-state index contributed by atoms with van der Waals surface area (Å²) in [5, 5.41) is 19.6. The van der Waals surface area contributed by atoms with E-state index in [-0.39, 0.29) is 24.4 Å². The lowest BCUT2D eigenvalue weighted by Crippen LogP contribution is -2.40. The molecule has 1 heterocycles. The van der Waals surface area contributed by atoms with Crippen molar-refractivity contribution < 1.29 is 14.3 Å². The second kappa shape index (κ2) is 7.00. The second-order valence-corrected chi connectivity index (χ2v) is 6.18. The van der Waals surface area contributed by atoms with E-state index >= 15 is 0 Å². The molecule has 7 heteroatoms. The Morgan fingerprint density at radius 1 is 1.38 bits per heavy atom. The van der Waals surface area contributed by atoms with E-state index in [9.17, 15) is 14.3 Å². The molecule has 1 saturated carbocycles. The number of aliphatic hydroxyl groups excluding tert-OH is 1. The molecule has 1 aliphatic carbocycles. The third kappa shape index (κ3) is 4.11. The number of nitrogens with one attached hydrogen (secondary N) is 2. The van der Waals surface area contributed by atoms with Crippen LogP contribution < -0.4 is 10.6 Å². The van der Waals surface area contributed by atoms with Crippen molar-refractivity contribution in [3.05, 3.63) is 53.6 Å². The van der Waals surface area contributed by atoms with Crippen LogP contribution in [-0.2, 0) is 7.05 Å². The van der Waals surface area contributed by atoms with Gasteiger partial charge in [-0.15, -0.1) is 0 Å². The van der Waals surface area contributed by atoms with Gasteiger partial charge in [0.05, 0.1) is 18.3 Å². The van der Waals surface area contributed by atoms with Gasteiger partial charge in [0.1, 0.15) is 5.82 Å². The minimum absolute atomic E-state index is 0.0956. The zero-order chi connectivity index (χ0) is 17.1. The molecule has 2 unspecified atom stereocenters. The number of rotatable bonds is 6. The number of halogens is 1. The predicted octanol–water partition coefficient (Wildman–Crippen LogP) is 2.04. The Bertz CT molecular complexity index is 697. The summed E-state index contributed by atoms with van der Waals surface area (Å²) in [6, 6.07) is 5.71. The highest BCUT2D eigenvalue weighted by atomic mass is 19.1. The minimum Gasteiger partial charge on any atom is -0.386 e. The quantitative estimate of drug-likeness (QED) is 0.757. The summed E-state index contributed by atoms with van der Waals surface area (Å²) in [6.07, 6.45) is 4.54. The first kappa shape index (κ1) is 16.4. The summed E-state index contributed by atoms with van der Waals surface area (Å²) < 4.78 is 14.7. The van der Waals surface area contributed by atoms with Gasteiger partial charge in [-0.05, 0) is 36.5 Å². The van der Waals surface area contributed by atoms with Crippen molar-refractivity contribution in [1.29, 1.82) is 0 Å². The molecule has 0 aliphatic heterocycles. The van der Waals surface area contributed by atoms with Gasteiger partial charge >= 0.3 is 6.03 Å². The second-order valence-electron chi connectivity index (χ2n) is 6.18. The third-order valence-corrected chi connectivity index (χ3v) is 4.17. The third-order valence-electron chi connectivity index (χ3n) is 4.17. The molecule has 3 rings (SSSR count). The van der Waals surface area contributed by atoms with Crippen LogP contribution >= 0.6 is 0 Å². The summed E-state index contributed by atoms with van der Waals surface area (Å²) in [6.45, 7) is 0.0956. The number of carbonyl (C=O) groups excluding carboxylic acids is 1. The number of aromatic nitrogens is 2. The molecule has 6 nitrogen and oxygen atoms in total. The van der Waals surface area contributed by atoms with Crippen molar-refractivity contribution in [2.24, 2.45) is 13.0 Å². The van der Waals surface area contributed by atoms with Crippen LogP contribution in [0.15, 0.2) is 36.7 Å². The lowest BCUT2D eigenvalue weighted by molar-refractivity contribution is 0.172. The van der Waals surface area contributed by atoms with Crippen molar-refractivity contribution >= 4 is 6.03 Å². The van der Waals surface area contributed by atoms with Gasteiger partial charge in [0.25, 0.3) is 0 Å². The van der Waals surface area contributed by atoms with Crippen molar-refractivity contribution in [3.8, 4) is 0 Å². The normalized spacial score (nSPS) is 16.5. The Hall–Kier alpha value is -2.41. The Labute approximate surface area is 139 Å². The lowest BCUT2D eigenvalue weighted by atomic mass is 10.0. The Morgan fingerprint density at radius 3 is 2.67 bits per heavy atom. The predicted molar refractivity (Wildman–Crippen MR) is 86.6 cm³/mol. The summed E-state index contributed by atoms with van der Waals surface area (Å²) in [5.74, 6) is 0.0850. The van der Waals surface area contributed by atoms with Crippen LogP contribution in [0.5, 0.6) is 0 Å². The van der Waals surface area contributed by atoms with Crippen molar-refractivity contribution in [2.45, 2.75) is 25.0 Å². The summed E-state index contributed by atoms with van der Waals surface area (Å²) in [5.41, 5.74) is 1.54. The summed E-state index contributed by atoms with van der Waals surface area (Å²) >= 11 is 0. The van der Waals surface area contributed by atoms with Gasteiger partial charge in [-0.25, -0.2) is 9.18 Å². The van der Waals surface area contributed by atoms with Gasteiger partial charge in [-0.3, -0.25) is 4.68 Å². The maximum atomic E-state index is 13.1. The molecule has 0 bridgehead atoms. The van der Waals surface area contributed by atoms with Gasteiger partial charge in [-0.1, -0.05) is 12.1 Å². The van der Waals surface area contributed by atoms with E-state index in [4.69, 9.17) is 0 Å². The first-order valence-corrected chi connectivity index (χ1v) is 7.99. The zero-order valence-electron chi connectivity index (χ0n) is 13.4.